The van der Waals surface area contributed by atoms with E-state index in [9.17, 15) is 8.78 Å². The first-order valence-electron chi connectivity index (χ1n) is 6.04. The summed E-state index contributed by atoms with van der Waals surface area (Å²) in [7, 11) is 0. The third-order valence-corrected chi connectivity index (χ3v) is 3.04. The maximum atomic E-state index is 13.5. The molecule has 96 valence electrons. The van der Waals surface area contributed by atoms with Gasteiger partial charge in [0, 0.05) is 17.3 Å². The second-order valence-electron chi connectivity index (χ2n) is 5.38. The summed E-state index contributed by atoms with van der Waals surface area (Å²) < 4.78 is 27.0. The van der Waals surface area contributed by atoms with Crippen LogP contribution in [0.25, 0.3) is 0 Å². The minimum Gasteiger partial charge on any atom is -0.380 e. The van der Waals surface area contributed by atoms with Crippen molar-refractivity contribution in [3.8, 4) is 0 Å². The summed E-state index contributed by atoms with van der Waals surface area (Å²) >= 11 is 0. The lowest BCUT2D eigenvalue weighted by Gasteiger charge is -2.26. The van der Waals surface area contributed by atoms with E-state index in [0.717, 1.165) is 6.42 Å². The lowest BCUT2D eigenvalue weighted by molar-refractivity contribution is 0.492. The summed E-state index contributed by atoms with van der Waals surface area (Å²) in [5.41, 5.74) is 0.928. The summed E-state index contributed by atoms with van der Waals surface area (Å²) in [6, 6.07) is 2.92. The van der Waals surface area contributed by atoms with Crippen LogP contribution >= 0.6 is 0 Å². The van der Waals surface area contributed by atoms with Crippen LogP contribution in [0.15, 0.2) is 12.1 Å². The Kier molecular flexibility index (Phi) is 4.12. The van der Waals surface area contributed by atoms with Gasteiger partial charge >= 0.3 is 0 Å². The Morgan fingerprint density at radius 2 is 1.82 bits per heavy atom. The second kappa shape index (κ2) is 5.03. The van der Waals surface area contributed by atoms with Crippen molar-refractivity contribution >= 4 is 5.69 Å². The van der Waals surface area contributed by atoms with Crippen molar-refractivity contribution in [2.75, 3.05) is 5.32 Å². The molecule has 0 aliphatic rings. The standard InChI is InChI=1S/C14H21F2N/c1-6-14(4,5)17-10-7-11(9(2)3)13(16)12(15)8-10/h7-9,17H,6H2,1-5H3. The Labute approximate surface area is 102 Å². The molecule has 1 N–H and O–H groups in total. The average Bonchev–Trinajstić information content (AvgIpc) is 2.22. The fraction of sp³-hybridized carbons (Fsp3) is 0.571. The molecule has 0 saturated carbocycles. The van der Waals surface area contributed by atoms with E-state index in [4.69, 9.17) is 0 Å². The first-order chi connectivity index (χ1) is 7.76. The normalized spacial score (nSPS) is 12.0. The predicted octanol–water partition coefficient (Wildman–Crippen LogP) is 4.69. The molecule has 1 aromatic carbocycles. The number of anilines is 1. The molecule has 0 radical (unpaired) electrons. The molecule has 0 aliphatic heterocycles. The van der Waals surface area contributed by atoms with E-state index in [0.29, 0.717) is 11.3 Å². The summed E-state index contributed by atoms with van der Waals surface area (Å²) in [4.78, 5) is 0. The first kappa shape index (κ1) is 13.9. The zero-order valence-corrected chi connectivity index (χ0v) is 11.2. The van der Waals surface area contributed by atoms with Gasteiger partial charge in [0.2, 0.25) is 0 Å². The van der Waals surface area contributed by atoms with Gasteiger partial charge in [0.15, 0.2) is 11.6 Å². The fourth-order valence-electron chi connectivity index (χ4n) is 1.58. The van der Waals surface area contributed by atoms with E-state index in [-0.39, 0.29) is 11.5 Å². The van der Waals surface area contributed by atoms with Crippen LogP contribution in [-0.2, 0) is 0 Å². The lowest BCUT2D eigenvalue weighted by atomic mass is 9.98. The maximum absolute atomic E-state index is 13.5. The van der Waals surface area contributed by atoms with Crippen LogP contribution in [0.1, 0.15) is 52.5 Å². The monoisotopic (exact) mass is 241 g/mol. The molecule has 0 aliphatic carbocycles. The molecular formula is C14H21F2N. The van der Waals surface area contributed by atoms with Gasteiger partial charge in [-0.2, -0.15) is 0 Å². The molecule has 0 aromatic heterocycles. The fourth-order valence-corrected chi connectivity index (χ4v) is 1.58. The summed E-state index contributed by atoms with van der Waals surface area (Å²) in [5.74, 6) is -1.55. The van der Waals surface area contributed by atoms with Gasteiger partial charge in [0.1, 0.15) is 0 Å². The Morgan fingerprint density at radius 1 is 1.24 bits per heavy atom. The van der Waals surface area contributed by atoms with Crippen molar-refractivity contribution in [2.24, 2.45) is 0 Å². The topological polar surface area (TPSA) is 12.0 Å². The summed E-state index contributed by atoms with van der Waals surface area (Å²) in [6.07, 6.45) is 0.906. The zero-order valence-electron chi connectivity index (χ0n) is 11.2. The van der Waals surface area contributed by atoms with E-state index < -0.39 is 11.6 Å². The molecule has 0 bridgehead atoms. The molecule has 17 heavy (non-hydrogen) atoms. The number of benzene rings is 1. The van der Waals surface area contributed by atoms with Crippen molar-refractivity contribution in [3.05, 3.63) is 29.3 Å². The minimum atomic E-state index is -0.786. The highest BCUT2D eigenvalue weighted by Crippen LogP contribution is 2.27. The Morgan fingerprint density at radius 3 is 2.29 bits per heavy atom. The van der Waals surface area contributed by atoms with Gasteiger partial charge in [-0.05, 0) is 37.8 Å². The molecule has 0 heterocycles. The van der Waals surface area contributed by atoms with Gasteiger partial charge in [0.25, 0.3) is 0 Å². The van der Waals surface area contributed by atoms with Crippen molar-refractivity contribution in [1.29, 1.82) is 0 Å². The predicted molar refractivity (Wildman–Crippen MR) is 68.4 cm³/mol. The number of nitrogens with one attached hydrogen (secondary N) is 1. The molecule has 0 atom stereocenters. The van der Waals surface area contributed by atoms with E-state index in [1.807, 2.05) is 27.7 Å². The van der Waals surface area contributed by atoms with E-state index >= 15 is 0 Å². The Balaban J connectivity index is 3.11. The van der Waals surface area contributed by atoms with Crippen LogP contribution in [0.3, 0.4) is 0 Å². The van der Waals surface area contributed by atoms with Crippen LogP contribution in [0.5, 0.6) is 0 Å². The molecule has 3 heteroatoms. The quantitative estimate of drug-likeness (QED) is 0.806. The number of rotatable bonds is 4. The largest absolute Gasteiger partial charge is 0.380 e. The average molecular weight is 241 g/mol. The maximum Gasteiger partial charge on any atom is 0.162 e. The molecule has 1 aromatic rings. The summed E-state index contributed by atoms with van der Waals surface area (Å²) in [6.45, 7) is 9.82. The van der Waals surface area contributed by atoms with Crippen molar-refractivity contribution < 1.29 is 8.78 Å². The number of halogens is 2. The summed E-state index contributed by atoms with van der Waals surface area (Å²) in [5, 5.41) is 3.22. The van der Waals surface area contributed by atoms with Crippen LogP contribution in [0.2, 0.25) is 0 Å². The van der Waals surface area contributed by atoms with Crippen LogP contribution in [-0.4, -0.2) is 5.54 Å². The molecule has 0 saturated heterocycles. The van der Waals surface area contributed by atoms with Crippen molar-refractivity contribution in [2.45, 2.75) is 52.5 Å². The molecule has 1 nitrogen and oxygen atoms in total. The van der Waals surface area contributed by atoms with E-state index in [1.165, 1.54) is 6.07 Å². The molecular weight excluding hydrogens is 220 g/mol. The zero-order chi connectivity index (χ0) is 13.2. The van der Waals surface area contributed by atoms with Crippen molar-refractivity contribution in [1.82, 2.24) is 0 Å². The van der Waals surface area contributed by atoms with Gasteiger partial charge in [-0.3, -0.25) is 0 Å². The Hall–Kier alpha value is -1.12. The highest BCUT2D eigenvalue weighted by molar-refractivity contribution is 5.49. The SMILES string of the molecule is CCC(C)(C)Nc1cc(F)c(F)c(C(C)C)c1. The van der Waals surface area contributed by atoms with Crippen molar-refractivity contribution in [3.63, 3.8) is 0 Å². The van der Waals surface area contributed by atoms with E-state index in [1.54, 1.807) is 6.07 Å². The van der Waals surface area contributed by atoms with Gasteiger partial charge in [-0.1, -0.05) is 20.8 Å². The van der Waals surface area contributed by atoms with Crippen LogP contribution < -0.4 is 5.32 Å². The third-order valence-electron chi connectivity index (χ3n) is 3.04. The third kappa shape index (κ3) is 3.42. The molecule has 1 rings (SSSR count). The molecule has 0 unspecified atom stereocenters. The van der Waals surface area contributed by atoms with E-state index in [2.05, 4.69) is 12.2 Å². The minimum absolute atomic E-state index is 0.0315. The number of hydrogen-bond donors (Lipinski definition) is 1. The smallest absolute Gasteiger partial charge is 0.162 e. The van der Waals surface area contributed by atoms with Crippen LogP contribution in [0, 0.1) is 11.6 Å². The van der Waals surface area contributed by atoms with Crippen LogP contribution in [0.4, 0.5) is 14.5 Å². The highest BCUT2D eigenvalue weighted by Gasteiger charge is 2.18. The molecule has 0 fully saturated rings. The van der Waals surface area contributed by atoms with Gasteiger partial charge in [-0.15, -0.1) is 0 Å². The second-order valence-corrected chi connectivity index (χ2v) is 5.38. The molecule has 0 spiro atoms. The van der Waals surface area contributed by atoms with Gasteiger partial charge in [-0.25, -0.2) is 8.78 Å². The Bertz CT molecular complexity index is 397. The first-order valence-corrected chi connectivity index (χ1v) is 6.04. The van der Waals surface area contributed by atoms with Gasteiger partial charge in [0.05, 0.1) is 0 Å². The molecule has 0 amide bonds. The number of hydrogen-bond acceptors (Lipinski definition) is 1. The van der Waals surface area contributed by atoms with Gasteiger partial charge < -0.3 is 5.32 Å². The highest BCUT2D eigenvalue weighted by atomic mass is 19.2. The lowest BCUT2D eigenvalue weighted by Crippen LogP contribution is -2.29.